The van der Waals surface area contributed by atoms with Crippen molar-refractivity contribution in [1.82, 2.24) is 0 Å². The summed E-state index contributed by atoms with van der Waals surface area (Å²) in [6.45, 7) is 16.0. The van der Waals surface area contributed by atoms with E-state index in [4.69, 9.17) is 28.4 Å². The molecule has 1 aromatic rings. The molecule has 0 heterocycles. The number of benzene rings is 1. The molecule has 0 spiro atoms. The van der Waals surface area contributed by atoms with Gasteiger partial charge in [0.05, 0.1) is 81.0 Å². The molecule has 0 radical (unpaired) electrons. The number of unbranched alkanes of at least 4 members (excludes halogenated alkanes) is 6. The molecule has 0 saturated carbocycles. The Bertz CT molecular complexity index is 817. The molecule has 0 bridgehead atoms. The molecule has 7 atom stereocenters. The van der Waals surface area contributed by atoms with E-state index in [-0.39, 0.29) is 66.7 Å². The van der Waals surface area contributed by atoms with E-state index in [1.54, 1.807) is 6.92 Å². The Morgan fingerprint density at radius 1 is 0.591 bits per heavy atom. The van der Waals surface area contributed by atoms with Crippen LogP contribution < -0.4 is 34.3 Å². The Balaban J connectivity index is 0.0000185. The molecule has 0 fully saturated rings. The predicted octanol–water partition coefficient (Wildman–Crippen LogP) is 3.59. The van der Waals surface area contributed by atoms with E-state index in [1.807, 2.05) is 34.6 Å². The van der Waals surface area contributed by atoms with E-state index >= 15 is 0 Å². The van der Waals surface area contributed by atoms with Gasteiger partial charge in [0.1, 0.15) is 12.4 Å². The third-order valence-corrected chi connectivity index (χ3v) is 7.28. The summed E-state index contributed by atoms with van der Waals surface area (Å²) in [5, 5.41) is 0. The topological polar surface area (TPSA) is 105 Å². The van der Waals surface area contributed by atoms with Crippen LogP contribution >= 0.6 is 0 Å². The zero-order chi connectivity index (χ0) is 31.9. The van der Waals surface area contributed by atoms with Crippen molar-refractivity contribution in [2.45, 2.75) is 136 Å². The van der Waals surface area contributed by atoms with Crippen molar-refractivity contribution < 1.29 is 70.9 Å². The van der Waals surface area contributed by atoms with E-state index in [0.29, 0.717) is 33.0 Å². The number of ether oxygens (including phenoxy) is 6. The maximum Gasteiger partial charge on any atom is 1.00 e. The standard InChI is InChI=1S/C33H60O9S.Na/c1-8-9-10-11-12-13-14-15-32-16-18-33(19-17-32)41-24-30(6)39-22-28(4)37-20-26(2)36-21-27(3)38-23-29(5)40-25-31(7)42-43(34)35;/h16-19,26-31H,8-15,20-25H2,1-7H3,(H,34,35);/q;+1/p-1. The molecule has 252 valence electrons. The largest absolute Gasteiger partial charge is 1.00 e. The summed E-state index contributed by atoms with van der Waals surface area (Å²) < 4.78 is 60.6. The van der Waals surface area contributed by atoms with E-state index < -0.39 is 17.5 Å². The van der Waals surface area contributed by atoms with Gasteiger partial charge in [0, 0.05) is 0 Å². The first-order valence-electron chi connectivity index (χ1n) is 16.1. The average Bonchev–Trinajstić information content (AvgIpc) is 2.98. The van der Waals surface area contributed by atoms with Crippen LogP contribution in [0.2, 0.25) is 0 Å². The summed E-state index contributed by atoms with van der Waals surface area (Å²) in [5.74, 6) is 0.869. The Labute approximate surface area is 292 Å². The van der Waals surface area contributed by atoms with Crippen molar-refractivity contribution in [2.24, 2.45) is 0 Å². The first kappa shape index (κ1) is 43.9. The van der Waals surface area contributed by atoms with Gasteiger partial charge in [0.15, 0.2) is 0 Å². The van der Waals surface area contributed by atoms with Crippen LogP contribution in [0.15, 0.2) is 24.3 Å². The van der Waals surface area contributed by atoms with Gasteiger partial charge in [-0.1, -0.05) is 57.6 Å². The first-order valence-corrected chi connectivity index (χ1v) is 17.1. The Morgan fingerprint density at radius 3 is 1.41 bits per heavy atom. The fourth-order valence-corrected chi connectivity index (χ4v) is 4.48. The van der Waals surface area contributed by atoms with Gasteiger partial charge in [0.2, 0.25) is 0 Å². The van der Waals surface area contributed by atoms with Crippen LogP contribution in [0.3, 0.4) is 0 Å². The van der Waals surface area contributed by atoms with Crippen LogP contribution in [-0.2, 0) is 45.6 Å². The number of rotatable bonds is 28. The van der Waals surface area contributed by atoms with Crippen LogP contribution in [-0.4, -0.2) is 85.0 Å². The van der Waals surface area contributed by atoms with Gasteiger partial charge in [-0.2, -0.15) is 0 Å². The molecule has 1 rings (SSSR count). The van der Waals surface area contributed by atoms with Crippen LogP contribution in [0.25, 0.3) is 0 Å². The molecule has 9 nitrogen and oxygen atoms in total. The Morgan fingerprint density at radius 2 is 0.977 bits per heavy atom. The van der Waals surface area contributed by atoms with E-state index in [1.165, 1.54) is 50.5 Å². The van der Waals surface area contributed by atoms with Crippen molar-refractivity contribution in [1.29, 1.82) is 0 Å². The number of hydrogen-bond acceptors (Lipinski definition) is 9. The zero-order valence-electron chi connectivity index (χ0n) is 28.8. The molecule has 44 heavy (non-hydrogen) atoms. The summed E-state index contributed by atoms with van der Waals surface area (Å²) in [6.07, 6.45) is 9.35. The van der Waals surface area contributed by atoms with E-state index in [0.717, 1.165) is 12.2 Å². The monoisotopic (exact) mass is 654 g/mol. The van der Waals surface area contributed by atoms with Crippen LogP contribution in [0.1, 0.15) is 99.0 Å². The van der Waals surface area contributed by atoms with E-state index in [9.17, 15) is 8.76 Å². The predicted molar refractivity (Wildman–Crippen MR) is 170 cm³/mol. The summed E-state index contributed by atoms with van der Waals surface area (Å²) in [4.78, 5) is 0. The third kappa shape index (κ3) is 25.0. The van der Waals surface area contributed by atoms with Gasteiger partial charge in [-0.15, -0.1) is 0 Å². The molecular formula is C33H59NaO9S. The fourth-order valence-electron chi connectivity index (χ4n) is 4.15. The second-order valence-electron chi connectivity index (χ2n) is 11.7. The summed E-state index contributed by atoms with van der Waals surface area (Å²) in [7, 11) is 0. The van der Waals surface area contributed by atoms with Gasteiger partial charge in [-0.3, -0.25) is 4.18 Å². The van der Waals surface area contributed by atoms with Gasteiger partial charge in [-0.05, 0) is 72.1 Å². The summed E-state index contributed by atoms with van der Waals surface area (Å²) in [6, 6.07) is 8.44. The second kappa shape index (κ2) is 28.0. The van der Waals surface area contributed by atoms with Gasteiger partial charge in [-0.25, -0.2) is 4.21 Å². The second-order valence-corrected chi connectivity index (χ2v) is 12.3. The molecule has 11 heteroatoms. The van der Waals surface area contributed by atoms with Crippen molar-refractivity contribution in [3.63, 3.8) is 0 Å². The quantitative estimate of drug-likeness (QED) is 0.0762. The normalized spacial score (nSPS) is 16.4. The maximum absolute atomic E-state index is 10.5. The summed E-state index contributed by atoms with van der Waals surface area (Å²) >= 11 is -2.55. The molecule has 7 unspecified atom stereocenters. The molecule has 0 aliphatic rings. The minimum absolute atomic E-state index is 0. The molecule has 0 saturated heterocycles. The smallest absolute Gasteiger partial charge is 0.750 e. The fraction of sp³-hybridized carbons (Fsp3) is 0.818. The molecule has 0 aliphatic heterocycles. The minimum Gasteiger partial charge on any atom is -0.750 e. The van der Waals surface area contributed by atoms with Crippen LogP contribution in [0, 0.1) is 0 Å². The van der Waals surface area contributed by atoms with Crippen molar-refractivity contribution >= 4 is 11.4 Å². The molecule has 1 aromatic carbocycles. The van der Waals surface area contributed by atoms with Gasteiger partial charge < -0.3 is 33.0 Å². The minimum atomic E-state index is -2.55. The summed E-state index contributed by atoms with van der Waals surface area (Å²) in [5.41, 5.74) is 1.37. The Kier molecular flexibility index (Phi) is 27.9. The van der Waals surface area contributed by atoms with Gasteiger partial charge in [0.25, 0.3) is 0 Å². The maximum atomic E-state index is 10.5. The molecule has 0 aliphatic carbocycles. The third-order valence-electron chi connectivity index (χ3n) is 6.80. The molecule has 0 N–H and O–H groups in total. The van der Waals surface area contributed by atoms with Crippen molar-refractivity contribution in [3.8, 4) is 5.75 Å². The SMILES string of the molecule is CCCCCCCCCc1ccc(OCC(C)OCC(C)OCC(C)OCC(C)OCC(C)OCC(C)OS(=O)[O-])cc1.[Na+]. The molecule has 0 aromatic heterocycles. The number of hydrogen-bond donors (Lipinski definition) is 0. The van der Waals surface area contributed by atoms with Crippen molar-refractivity contribution in [2.75, 3.05) is 39.6 Å². The first-order chi connectivity index (χ1) is 20.6. The molecule has 0 amide bonds. The van der Waals surface area contributed by atoms with Crippen LogP contribution in [0.4, 0.5) is 0 Å². The average molecular weight is 655 g/mol. The van der Waals surface area contributed by atoms with Crippen LogP contribution in [0.5, 0.6) is 5.75 Å². The van der Waals surface area contributed by atoms with Gasteiger partial charge >= 0.3 is 29.6 Å². The van der Waals surface area contributed by atoms with Crippen molar-refractivity contribution in [3.05, 3.63) is 29.8 Å². The Hall–Kier alpha value is -0.110. The van der Waals surface area contributed by atoms with E-state index in [2.05, 4.69) is 35.4 Å². The number of aryl methyl sites for hydroxylation is 1. The molecular weight excluding hydrogens is 595 g/mol. The zero-order valence-corrected chi connectivity index (χ0v) is 31.6.